The number of fused-ring (bicyclic) bond motifs is 1. The average Bonchev–Trinajstić information content (AvgIpc) is 2.74. The zero-order chi connectivity index (χ0) is 15.8. The molecule has 0 spiro atoms. The predicted octanol–water partition coefficient (Wildman–Crippen LogP) is 2.25. The fourth-order valence-electron chi connectivity index (χ4n) is 1.91. The molecule has 21 heavy (non-hydrogen) atoms. The van der Waals surface area contributed by atoms with Gasteiger partial charge < -0.3 is 9.57 Å². The van der Waals surface area contributed by atoms with Crippen LogP contribution in [0.5, 0.6) is 5.75 Å². The molecule has 0 saturated heterocycles. The Bertz CT molecular complexity index is 710. The summed E-state index contributed by atoms with van der Waals surface area (Å²) in [5, 5.41) is 4.76. The maximum atomic E-state index is 12.5. The summed E-state index contributed by atoms with van der Waals surface area (Å²) in [6, 6.07) is 5.15. The minimum Gasteiger partial charge on any atom is -0.497 e. The molecule has 0 unspecified atom stereocenters. The van der Waals surface area contributed by atoms with Crippen LogP contribution >= 0.6 is 0 Å². The number of Topliss-reactive ketones (excluding diaryl/α,β-unsaturated/α-hetero) is 1. The zero-order valence-corrected chi connectivity index (χ0v) is 12.8. The molecule has 0 radical (unpaired) electrons. The van der Waals surface area contributed by atoms with Crippen LogP contribution in [0.1, 0.15) is 38.2 Å². The summed E-state index contributed by atoms with van der Waals surface area (Å²) in [6.45, 7) is 6.72. The van der Waals surface area contributed by atoms with Gasteiger partial charge in [0, 0.05) is 23.8 Å². The quantitative estimate of drug-likeness (QED) is 0.811. The molecule has 0 fully saturated rings. The van der Waals surface area contributed by atoms with Crippen LogP contribution in [0.25, 0.3) is 10.9 Å². The highest BCUT2D eigenvalue weighted by Gasteiger charge is 2.28. The molecule has 2 aromatic rings. The van der Waals surface area contributed by atoms with Crippen LogP contribution in [-0.2, 0) is 4.79 Å². The Balaban J connectivity index is 2.67. The van der Waals surface area contributed by atoms with Gasteiger partial charge in [-0.15, -0.1) is 5.10 Å². The molecule has 0 aliphatic carbocycles. The number of nitrogens with zero attached hydrogens (tertiary/aromatic N) is 2. The first-order valence-electron chi connectivity index (χ1n) is 6.54. The normalized spacial score (nSPS) is 11.5. The van der Waals surface area contributed by atoms with E-state index in [1.165, 1.54) is 14.0 Å². The Morgan fingerprint density at radius 3 is 2.43 bits per heavy atom. The van der Waals surface area contributed by atoms with Crippen molar-refractivity contribution in [2.24, 2.45) is 5.41 Å². The van der Waals surface area contributed by atoms with Gasteiger partial charge in [0.15, 0.2) is 5.78 Å². The third-order valence-electron chi connectivity index (χ3n) is 2.97. The second kappa shape index (κ2) is 5.20. The van der Waals surface area contributed by atoms with Crippen molar-refractivity contribution in [3.8, 4) is 5.75 Å². The lowest BCUT2D eigenvalue weighted by Crippen LogP contribution is -2.22. The molecule has 0 N–H and O–H groups in total. The highest BCUT2D eigenvalue weighted by atomic mass is 16.7. The monoisotopic (exact) mass is 290 g/mol. The van der Waals surface area contributed by atoms with E-state index in [9.17, 15) is 9.59 Å². The lowest BCUT2D eigenvalue weighted by atomic mass is 9.88. The van der Waals surface area contributed by atoms with E-state index in [1.807, 2.05) is 20.8 Å². The van der Waals surface area contributed by atoms with E-state index < -0.39 is 11.4 Å². The molecule has 6 heteroatoms. The number of ether oxygens (including phenoxy) is 1. The topological polar surface area (TPSA) is 70.4 Å². The fourth-order valence-corrected chi connectivity index (χ4v) is 1.91. The number of hydrogen-bond acceptors (Lipinski definition) is 5. The van der Waals surface area contributed by atoms with Crippen LogP contribution in [0.15, 0.2) is 18.2 Å². The molecule has 0 aliphatic rings. The Morgan fingerprint density at radius 1 is 1.24 bits per heavy atom. The summed E-state index contributed by atoms with van der Waals surface area (Å²) >= 11 is 0. The minimum absolute atomic E-state index is 0.122. The first-order valence-corrected chi connectivity index (χ1v) is 6.54. The second-order valence-electron chi connectivity index (χ2n) is 5.77. The van der Waals surface area contributed by atoms with Crippen LogP contribution in [-0.4, -0.2) is 28.8 Å². The van der Waals surface area contributed by atoms with Crippen molar-refractivity contribution in [3.63, 3.8) is 0 Å². The zero-order valence-electron chi connectivity index (χ0n) is 12.8. The number of hydrogen-bond donors (Lipinski definition) is 0. The molecule has 0 atom stereocenters. The minimum atomic E-state index is -0.581. The molecular weight excluding hydrogens is 272 g/mol. The highest BCUT2D eigenvalue weighted by Crippen LogP contribution is 2.28. The first-order chi connectivity index (χ1) is 9.74. The molecule has 1 aromatic carbocycles. The fraction of sp³-hybridized carbons (Fsp3) is 0.400. The average molecular weight is 290 g/mol. The molecule has 2 rings (SSSR count). The van der Waals surface area contributed by atoms with E-state index in [2.05, 4.69) is 5.10 Å². The second-order valence-corrected chi connectivity index (χ2v) is 5.77. The Kier molecular flexibility index (Phi) is 3.72. The van der Waals surface area contributed by atoms with Gasteiger partial charge in [0.1, 0.15) is 17.0 Å². The van der Waals surface area contributed by atoms with Crippen molar-refractivity contribution < 1.29 is 19.2 Å². The van der Waals surface area contributed by atoms with E-state index in [4.69, 9.17) is 9.57 Å². The van der Waals surface area contributed by atoms with Gasteiger partial charge in [-0.1, -0.05) is 25.6 Å². The lowest BCUT2D eigenvalue weighted by Gasteiger charge is -2.14. The summed E-state index contributed by atoms with van der Waals surface area (Å²) in [5.41, 5.74) is 0.209. The summed E-state index contributed by atoms with van der Waals surface area (Å²) in [7, 11) is 1.54. The van der Waals surface area contributed by atoms with Gasteiger partial charge in [-0.2, -0.15) is 0 Å². The number of methoxy groups -OCH3 is 1. The van der Waals surface area contributed by atoms with E-state index in [1.54, 1.807) is 18.2 Å². The molecule has 0 saturated carbocycles. The van der Waals surface area contributed by atoms with Crippen LogP contribution < -0.4 is 9.57 Å². The van der Waals surface area contributed by atoms with Crippen molar-refractivity contribution in [2.45, 2.75) is 27.7 Å². The lowest BCUT2D eigenvalue weighted by molar-refractivity contribution is -0.142. The highest BCUT2D eigenvalue weighted by molar-refractivity contribution is 6.08. The number of ketones is 1. The van der Waals surface area contributed by atoms with Crippen molar-refractivity contribution in [1.29, 1.82) is 0 Å². The van der Waals surface area contributed by atoms with Crippen LogP contribution in [0.4, 0.5) is 0 Å². The van der Waals surface area contributed by atoms with Gasteiger partial charge in [-0.05, 0) is 12.1 Å². The number of aromatic nitrogens is 2. The number of carbonyl (C=O) groups is 2. The molecule has 6 nitrogen and oxygen atoms in total. The molecule has 1 heterocycles. The van der Waals surface area contributed by atoms with E-state index >= 15 is 0 Å². The molecule has 0 aliphatic heterocycles. The largest absolute Gasteiger partial charge is 0.497 e. The Labute approximate surface area is 122 Å². The SMILES string of the molecule is COc1ccc2c(C(=O)C(C)(C)C)nn(OC(C)=O)c2c1. The van der Waals surface area contributed by atoms with E-state index in [0.29, 0.717) is 16.7 Å². The molecule has 0 amide bonds. The molecule has 1 aromatic heterocycles. The van der Waals surface area contributed by atoms with Gasteiger partial charge in [-0.3, -0.25) is 4.79 Å². The maximum Gasteiger partial charge on any atom is 0.331 e. The number of carbonyl (C=O) groups excluding carboxylic acids is 2. The molecule has 112 valence electrons. The van der Waals surface area contributed by atoms with Gasteiger partial charge in [0.2, 0.25) is 0 Å². The Hall–Kier alpha value is -2.37. The maximum absolute atomic E-state index is 12.5. The van der Waals surface area contributed by atoms with Crippen LogP contribution in [0, 0.1) is 5.41 Å². The summed E-state index contributed by atoms with van der Waals surface area (Å²) in [5.74, 6) is -0.0499. The third-order valence-corrected chi connectivity index (χ3v) is 2.97. The van der Waals surface area contributed by atoms with Crippen molar-refractivity contribution in [1.82, 2.24) is 9.94 Å². The van der Waals surface area contributed by atoms with Gasteiger partial charge in [0.05, 0.1) is 7.11 Å². The van der Waals surface area contributed by atoms with Crippen LogP contribution in [0.2, 0.25) is 0 Å². The predicted molar refractivity (Wildman–Crippen MR) is 77.3 cm³/mol. The smallest absolute Gasteiger partial charge is 0.331 e. The van der Waals surface area contributed by atoms with Crippen LogP contribution in [0.3, 0.4) is 0 Å². The van der Waals surface area contributed by atoms with E-state index in [-0.39, 0.29) is 11.5 Å². The van der Waals surface area contributed by atoms with Gasteiger partial charge in [-0.25, -0.2) is 4.79 Å². The summed E-state index contributed by atoms with van der Waals surface area (Å²) in [6.07, 6.45) is 0. The first kappa shape index (κ1) is 15.0. The summed E-state index contributed by atoms with van der Waals surface area (Å²) in [4.78, 5) is 29.8. The molecular formula is C15H18N2O4. The number of rotatable bonds is 3. The summed E-state index contributed by atoms with van der Waals surface area (Å²) < 4.78 is 5.15. The molecule has 0 bridgehead atoms. The van der Waals surface area contributed by atoms with Crippen molar-refractivity contribution in [2.75, 3.05) is 7.11 Å². The Morgan fingerprint density at radius 2 is 1.90 bits per heavy atom. The van der Waals surface area contributed by atoms with Gasteiger partial charge in [0.25, 0.3) is 0 Å². The van der Waals surface area contributed by atoms with E-state index in [0.717, 1.165) is 4.85 Å². The van der Waals surface area contributed by atoms with Crippen molar-refractivity contribution >= 4 is 22.7 Å². The standard InChI is InChI=1S/C15H18N2O4/c1-9(18)21-17-12-8-10(20-5)6-7-11(12)13(16-17)14(19)15(2,3)4/h6-8H,1-5H3. The van der Waals surface area contributed by atoms with Crippen molar-refractivity contribution in [3.05, 3.63) is 23.9 Å². The number of benzene rings is 1. The van der Waals surface area contributed by atoms with Gasteiger partial charge >= 0.3 is 5.97 Å². The third kappa shape index (κ3) is 2.89.